The van der Waals surface area contributed by atoms with Gasteiger partial charge in [-0.05, 0) is 12.8 Å². The molecule has 2 unspecified atom stereocenters. The fourth-order valence-corrected chi connectivity index (χ4v) is 1.27. The van der Waals surface area contributed by atoms with Crippen molar-refractivity contribution in [1.82, 2.24) is 0 Å². The summed E-state index contributed by atoms with van der Waals surface area (Å²) in [4.78, 5) is 0. The predicted molar refractivity (Wildman–Crippen MR) is 41.0 cm³/mol. The molecule has 0 fully saturated rings. The lowest BCUT2D eigenvalue weighted by Crippen LogP contribution is -2.32. The normalized spacial score (nSPS) is 37.5. The van der Waals surface area contributed by atoms with Crippen LogP contribution in [-0.4, -0.2) is 33.6 Å². The summed E-state index contributed by atoms with van der Waals surface area (Å²) < 4.78 is 0. The third-order valence-electron chi connectivity index (χ3n) is 2.05. The van der Waals surface area contributed by atoms with Crippen LogP contribution in [0.5, 0.6) is 0 Å². The monoisotopic (exact) mass is 158 g/mol. The van der Waals surface area contributed by atoms with E-state index in [0.717, 1.165) is 0 Å². The van der Waals surface area contributed by atoms with E-state index in [1.807, 2.05) is 0 Å². The second kappa shape index (κ2) is 3.34. The fraction of sp³-hybridized carbons (Fsp3) is 0.750. The number of aliphatic hydroxyl groups excluding tert-OH is 2. The fourth-order valence-electron chi connectivity index (χ4n) is 1.27. The van der Waals surface area contributed by atoms with Crippen LogP contribution in [0.2, 0.25) is 0 Å². The highest BCUT2D eigenvalue weighted by atomic mass is 16.3. The highest BCUT2D eigenvalue weighted by Gasteiger charge is 2.26. The summed E-state index contributed by atoms with van der Waals surface area (Å²) in [5.74, 6) is 0. The minimum atomic E-state index is -0.881. The molecule has 0 aromatic heterocycles. The smallest absolute Gasteiger partial charge is 0.0851 e. The van der Waals surface area contributed by atoms with Crippen molar-refractivity contribution in [2.45, 2.75) is 31.0 Å². The van der Waals surface area contributed by atoms with Crippen LogP contribution >= 0.6 is 0 Å². The zero-order valence-corrected chi connectivity index (χ0v) is 6.40. The van der Waals surface area contributed by atoms with Gasteiger partial charge in [0.05, 0.1) is 11.7 Å². The number of hydrogen-bond donors (Lipinski definition) is 3. The van der Waals surface area contributed by atoms with Crippen LogP contribution in [-0.2, 0) is 0 Å². The summed E-state index contributed by atoms with van der Waals surface area (Å²) in [7, 11) is 0. The van der Waals surface area contributed by atoms with Gasteiger partial charge in [-0.15, -0.1) is 0 Å². The van der Waals surface area contributed by atoms with E-state index < -0.39 is 11.7 Å². The van der Waals surface area contributed by atoms with Gasteiger partial charge in [-0.25, -0.2) is 0 Å². The maximum atomic E-state index is 9.63. The van der Waals surface area contributed by atoms with Crippen molar-refractivity contribution in [3.05, 3.63) is 12.2 Å². The predicted octanol–water partition coefficient (Wildman–Crippen LogP) is -0.189. The van der Waals surface area contributed by atoms with E-state index in [-0.39, 0.29) is 6.61 Å². The Labute approximate surface area is 66.0 Å². The van der Waals surface area contributed by atoms with Gasteiger partial charge in [0.1, 0.15) is 0 Å². The first kappa shape index (κ1) is 8.71. The van der Waals surface area contributed by atoms with Crippen LogP contribution in [0.3, 0.4) is 0 Å². The van der Waals surface area contributed by atoms with Crippen LogP contribution in [0.1, 0.15) is 19.3 Å². The van der Waals surface area contributed by atoms with Gasteiger partial charge < -0.3 is 15.3 Å². The van der Waals surface area contributed by atoms with Crippen molar-refractivity contribution < 1.29 is 15.3 Å². The Morgan fingerprint density at radius 3 is 2.73 bits per heavy atom. The first-order valence-electron chi connectivity index (χ1n) is 3.87. The molecule has 0 amide bonds. The Kier molecular flexibility index (Phi) is 2.65. The average Bonchev–Trinajstić information content (AvgIpc) is 1.97. The lowest BCUT2D eigenvalue weighted by molar-refractivity contribution is 0.0310. The maximum Gasteiger partial charge on any atom is 0.0851 e. The molecule has 0 aromatic rings. The maximum absolute atomic E-state index is 9.63. The van der Waals surface area contributed by atoms with E-state index in [2.05, 4.69) is 0 Å². The first-order chi connectivity index (χ1) is 5.16. The van der Waals surface area contributed by atoms with Crippen LogP contribution in [0.25, 0.3) is 0 Å². The van der Waals surface area contributed by atoms with Gasteiger partial charge in [0, 0.05) is 13.0 Å². The van der Waals surface area contributed by atoms with Gasteiger partial charge in [-0.1, -0.05) is 12.2 Å². The molecule has 0 heterocycles. The lowest BCUT2D eigenvalue weighted by Gasteiger charge is -2.28. The van der Waals surface area contributed by atoms with Crippen LogP contribution in [0.4, 0.5) is 0 Å². The molecule has 0 saturated heterocycles. The summed E-state index contributed by atoms with van der Waals surface area (Å²) in [5, 5.41) is 27.3. The van der Waals surface area contributed by atoms with Crippen LogP contribution in [0, 0.1) is 0 Å². The Morgan fingerprint density at radius 2 is 2.27 bits per heavy atom. The Hall–Kier alpha value is -0.380. The van der Waals surface area contributed by atoms with Crippen molar-refractivity contribution in [3.63, 3.8) is 0 Å². The van der Waals surface area contributed by atoms with Crippen molar-refractivity contribution in [3.8, 4) is 0 Å². The standard InChI is InChI=1S/C8H14O3/c9-6-5-8(11)3-1-7(10)2-4-8/h1,3,7,9-11H,2,4-6H2. The van der Waals surface area contributed by atoms with E-state index in [0.29, 0.717) is 19.3 Å². The lowest BCUT2D eigenvalue weighted by atomic mass is 9.87. The summed E-state index contributed by atoms with van der Waals surface area (Å²) >= 11 is 0. The average molecular weight is 158 g/mol. The molecule has 3 nitrogen and oxygen atoms in total. The third-order valence-corrected chi connectivity index (χ3v) is 2.05. The second-order valence-electron chi connectivity index (χ2n) is 3.04. The molecule has 1 aliphatic rings. The highest BCUT2D eigenvalue weighted by Crippen LogP contribution is 2.24. The Morgan fingerprint density at radius 1 is 1.55 bits per heavy atom. The molecule has 0 aliphatic heterocycles. The number of hydrogen-bond acceptors (Lipinski definition) is 3. The van der Waals surface area contributed by atoms with Crippen LogP contribution < -0.4 is 0 Å². The molecular weight excluding hydrogens is 144 g/mol. The van der Waals surface area contributed by atoms with E-state index in [1.165, 1.54) is 0 Å². The topological polar surface area (TPSA) is 60.7 Å². The number of rotatable bonds is 2. The summed E-state index contributed by atoms with van der Waals surface area (Å²) in [6, 6.07) is 0. The summed E-state index contributed by atoms with van der Waals surface area (Å²) in [5.41, 5.74) is -0.881. The van der Waals surface area contributed by atoms with Gasteiger partial charge in [0.15, 0.2) is 0 Å². The van der Waals surface area contributed by atoms with E-state index >= 15 is 0 Å². The third kappa shape index (κ3) is 2.29. The molecule has 3 N–H and O–H groups in total. The van der Waals surface area contributed by atoms with Gasteiger partial charge >= 0.3 is 0 Å². The first-order valence-corrected chi connectivity index (χ1v) is 3.87. The molecule has 0 spiro atoms. The van der Waals surface area contributed by atoms with Crippen molar-refractivity contribution in [2.24, 2.45) is 0 Å². The zero-order chi connectivity index (χ0) is 8.32. The molecule has 2 atom stereocenters. The van der Waals surface area contributed by atoms with Gasteiger partial charge in [0.2, 0.25) is 0 Å². The van der Waals surface area contributed by atoms with Gasteiger partial charge in [-0.3, -0.25) is 0 Å². The molecule has 0 bridgehead atoms. The van der Waals surface area contributed by atoms with E-state index in [4.69, 9.17) is 10.2 Å². The van der Waals surface area contributed by atoms with Gasteiger partial charge in [0.25, 0.3) is 0 Å². The molecule has 1 rings (SSSR count). The zero-order valence-electron chi connectivity index (χ0n) is 6.40. The highest BCUT2D eigenvalue weighted by molar-refractivity contribution is 5.08. The molecule has 0 saturated carbocycles. The van der Waals surface area contributed by atoms with E-state index in [1.54, 1.807) is 12.2 Å². The molecule has 1 aliphatic carbocycles. The quantitative estimate of drug-likeness (QED) is 0.488. The Balaban J connectivity index is 2.53. The SMILES string of the molecule is OCCC1(O)C=CC(O)CC1. The van der Waals surface area contributed by atoms with Crippen LogP contribution in [0.15, 0.2) is 12.2 Å². The summed E-state index contributed by atoms with van der Waals surface area (Å²) in [6.45, 7) is -0.0169. The summed E-state index contributed by atoms with van der Waals surface area (Å²) in [6.07, 6.45) is 4.21. The molecular formula is C8H14O3. The molecule has 11 heavy (non-hydrogen) atoms. The molecule has 0 radical (unpaired) electrons. The Bertz CT molecular complexity index is 155. The second-order valence-corrected chi connectivity index (χ2v) is 3.04. The van der Waals surface area contributed by atoms with Crippen molar-refractivity contribution in [1.29, 1.82) is 0 Å². The minimum Gasteiger partial charge on any atom is -0.396 e. The van der Waals surface area contributed by atoms with E-state index in [9.17, 15) is 5.11 Å². The van der Waals surface area contributed by atoms with Gasteiger partial charge in [-0.2, -0.15) is 0 Å². The largest absolute Gasteiger partial charge is 0.396 e. The van der Waals surface area contributed by atoms with Crippen molar-refractivity contribution in [2.75, 3.05) is 6.61 Å². The minimum absolute atomic E-state index is 0.0169. The molecule has 0 aromatic carbocycles. The molecule has 64 valence electrons. The number of aliphatic hydroxyl groups is 3. The molecule has 3 heteroatoms. The van der Waals surface area contributed by atoms with Crippen molar-refractivity contribution >= 4 is 0 Å².